The molecule has 212 valence electrons. The highest BCUT2D eigenvalue weighted by atomic mass is 35.5. The van der Waals surface area contributed by atoms with E-state index in [4.69, 9.17) is 36.5 Å². The summed E-state index contributed by atoms with van der Waals surface area (Å²) < 4.78 is 23.2. The number of hydrogen-bond acceptors (Lipinski definition) is 7. The molecule has 8 nitrogen and oxygen atoms in total. The number of carbonyl (C=O) groups excluding carboxylic acids is 1. The lowest BCUT2D eigenvalue weighted by Crippen LogP contribution is -2.52. The van der Waals surface area contributed by atoms with Gasteiger partial charge in [0.1, 0.15) is 5.60 Å². The normalized spacial score (nSPS) is 17.8. The quantitative estimate of drug-likeness (QED) is 0.236. The molecular weight excluding hydrogens is 496 g/mol. The Labute approximate surface area is 227 Å². The van der Waals surface area contributed by atoms with Gasteiger partial charge in [-0.15, -0.1) is 0 Å². The molecule has 9 heteroatoms. The zero-order valence-corrected chi connectivity index (χ0v) is 24.0. The summed E-state index contributed by atoms with van der Waals surface area (Å²) in [4.78, 5) is 13.1. The van der Waals surface area contributed by atoms with E-state index in [0.29, 0.717) is 49.9 Å². The van der Waals surface area contributed by atoms with E-state index < -0.39 is 17.7 Å². The third kappa shape index (κ3) is 9.29. The van der Waals surface area contributed by atoms with Crippen LogP contribution in [-0.4, -0.2) is 74.3 Å². The average molecular weight is 543 g/mol. The Morgan fingerprint density at radius 2 is 1.84 bits per heavy atom. The van der Waals surface area contributed by atoms with Crippen molar-refractivity contribution < 1.29 is 28.8 Å². The molecule has 1 aliphatic rings. The van der Waals surface area contributed by atoms with Crippen molar-refractivity contribution in [3.8, 4) is 11.5 Å². The zero-order chi connectivity index (χ0) is 27.4. The van der Waals surface area contributed by atoms with Crippen molar-refractivity contribution in [3.63, 3.8) is 0 Å². The lowest BCUT2D eigenvalue weighted by Gasteiger charge is -2.37. The molecular formula is C28H47ClN2O6. The van der Waals surface area contributed by atoms with Crippen LogP contribution in [0, 0.1) is 11.8 Å². The molecule has 3 N–H and O–H groups in total. The number of benzene rings is 1. The van der Waals surface area contributed by atoms with Crippen LogP contribution >= 0.6 is 11.8 Å². The number of halogens is 1. The molecule has 1 fully saturated rings. The molecule has 1 aromatic rings. The van der Waals surface area contributed by atoms with Crippen LogP contribution in [-0.2, 0) is 20.7 Å². The van der Waals surface area contributed by atoms with Crippen LogP contribution in [0.5, 0.6) is 11.5 Å². The van der Waals surface area contributed by atoms with Crippen molar-refractivity contribution in [2.45, 2.75) is 83.0 Å². The first kappa shape index (κ1) is 31.6. The van der Waals surface area contributed by atoms with Crippen LogP contribution in [0.4, 0.5) is 0 Å². The Bertz CT molecular complexity index is 818. The number of nitrogens with two attached hydrogens (primary N) is 1. The number of aliphatic hydroxyl groups is 1. The van der Waals surface area contributed by atoms with Crippen LogP contribution < -0.4 is 15.2 Å². The third-order valence-electron chi connectivity index (χ3n) is 7.50. The van der Waals surface area contributed by atoms with Crippen molar-refractivity contribution >= 4 is 17.7 Å². The minimum Gasteiger partial charge on any atom is -0.493 e. The zero-order valence-electron chi connectivity index (χ0n) is 23.2. The summed E-state index contributed by atoms with van der Waals surface area (Å²) in [7, 11) is 4.85. The summed E-state index contributed by atoms with van der Waals surface area (Å²) in [6.45, 7) is 5.43. The molecule has 1 saturated carbocycles. The molecule has 0 radical (unpaired) electrons. The molecule has 0 heterocycles. The number of hydrogen-bond donors (Lipinski definition) is 2. The highest BCUT2D eigenvalue weighted by Crippen LogP contribution is 2.34. The fraction of sp³-hybridized carbons (Fsp3) is 0.750. The SMILES string of the molecule is COCCCOc1cc(C[C@@H](C[C@H](N)[C@@H](O)CN(Cl)C(=O)C2(OC)CCCCC2)C(C)C)ccc1OC. The van der Waals surface area contributed by atoms with Gasteiger partial charge in [-0.25, -0.2) is 4.42 Å². The van der Waals surface area contributed by atoms with Gasteiger partial charge < -0.3 is 29.8 Å². The molecule has 0 unspecified atom stereocenters. The van der Waals surface area contributed by atoms with Gasteiger partial charge in [0, 0.05) is 45.1 Å². The van der Waals surface area contributed by atoms with Gasteiger partial charge in [0.15, 0.2) is 11.5 Å². The second-order valence-corrected chi connectivity index (χ2v) is 10.9. The fourth-order valence-electron chi connectivity index (χ4n) is 4.98. The maximum absolute atomic E-state index is 13.1. The number of methoxy groups -OCH3 is 3. The number of rotatable bonds is 16. The maximum atomic E-state index is 13.1. The first-order chi connectivity index (χ1) is 17.7. The number of aliphatic hydroxyl groups excluding tert-OH is 1. The Morgan fingerprint density at radius 3 is 2.43 bits per heavy atom. The number of nitrogens with zero attached hydrogens (tertiary/aromatic N) is 1. The largest absolute Gasteiger partial charge is 0.493 e. The van der Waals surface area contributed by atoms with Crippen molar-refractivity contribution in [1.82, 2.24) is 4.42 Å². The minimum absolute atomic E-state index is 0.0422. The van der Waals surface area contributed by atoms with Gasteiger partial charge in [0.2, 0.25) is 0 Å². The Hall–Kier alpha value is -1.58. The number of ether oxygens (including phenoxy) is 4. The van der Waals surface area contributed by atoms with E-state index in [1.54, 1.807) is 21.3 Å². The van der Waals surface area contributed by atoms with Gasteiger partial charge in [0.25, 0.3) is 5.91 Å². The van der Waals surface area contributed by atoms with Gasteiger partial charge in [-0.05, 0) is 55.2 Å². The molecule has 0 spiro atoms. The van der Waals surface area contributed by atoms with Crippen molar-refractivity contribution in [1.29, 1.82) is 0 Å². The molecule has 0 bridgehead atoms. The highest BCUT2D eigenvalue weighted by molar-refractivity contribution is 6.22. The molecule has 2 rings (SSSR count). The molecule has 0 aromatic heterocycles. The van der Waals surface area contributed by atoms with Crippen molar-refractivity contribution in [2.24, 2.45) is 17.6 Å². The topological polar surface area (TPSA) is 103 Å². The van der Waals surface area contributed by atoms with E-state index in [0.717, 1.165) is 42.1 Å². The first-order valence-corrected chi connectivity index (χ1v) is 13.8. The van der Waals surface area contributed by atoms with Crippen molar-refractivity contribution in [2.75, 3.05) is 41.1 Å². The Balaban J connectivity index is 2.00. The summed E-state index contributed by atoms with van der Waals surface area (Å²) in [5.41, 5.74) is 6.64. The third-order valence-corrected chi connectivity index (χ3v) is 7.79. The molecule has 0 aliphatic heterocycles. The van der Waals surface area contributed by atoms with Crippen LogP contribution in [0.1, 0.15) is 64.4 Å². The van der Waals surface area contributed by atoms with Gasteiger partial charge in [0.05, 0.1) is 26.4 Å². The fourth-order valence-corrected chi connectivity index (χ4v) is 5.27. The summed E-state index contributed by atoms with van der Waals surface area (Å²) in [5.74, 6) is 1.64. The van der Waals surface area contributed by atoms with Gasteiger partial charge >= 0.3 is 0 Å². The van der Waals surface area contributed by atoms with Gasteiger partial charge in [-0.2, -0.15) is 0 Å². The van der Waals surface area contributed by atoms with Crippen LogP contribution in [0.2, 0.25) is 0 Å². The summed E-state index contributed by atoms with van der Waals surface area (Å²) in [5, 5.41) is 10.9. The monoisotopic (exact) mass is 542 g/mol. The van der Waals surface area contributed by atoms with Crippen LogP contribution in [0.3, 0.4) is 0 Å². The number of carbonyl (C=O) groups is 1. The van der Waals surface area contributed by atoms with E-state index in [9.17, 15) is 9.90 Å². The molecule has 1 aliphatic carbocycles. The minimum atomic E-state index is -0.948. The van der Waals surface area contributed by atoms with E-state index in [2.05, 4.69) is 13.8 Å². The van der Waals surface area contributed by atoms with Crippen LogP contribution in [0.15, 0.2) is 18.2 Å². The van der Waals surface area contributed by atoms with E-state index in [1.165, 1.54) is 0 Å². The molecule has 3 atom stereocenters. The lowest BCUT2D eigenvalue weighted by molar-refractivity contribution is -0.155. The Morgan fingerprint density at radius 1 is 1.14 bits per heavy atom. The predicted octanol–water partition coefficient (Wildman–Crippen LogP) is 4.34. The van der Waals surface area contributed by atoms with Crippen molar-refractivity contribution in [3.05, 3.63) is 23.8 Å². The summed E-state index contributed by atoms with van der Waals surface area (Å²) in [6, 6.07) is 5.43. The second kappa shape index (κ2) is 15.7. The standard InChI is InChI=1S/C28H47ClN2O6/c1-20(2)22(16-21-10-11-25(35-4)26(17-21)37-15-9-14-34-3)18-23(30)24(32)19-31(29)27(33)28(36-5)12-7-6-8-13-28/h10-11,17,20,22-24,32H,6-9,12-16,18-19,30H2,1-5H3/t22-,23-,24-/m0/s1. The second-order valence-electron chi connectivity index (χ2n) is 10.5. The molecule has 0 saturated heterocycles. The van der Waals surface area contributed by atoms with E-state index >= 15 is 0 Å². The van der Waals surface area contributed by atoms with Gasteiger partial charge in [-0.3, -0.25) is 4.79 Å². The highest BCUT2D eigenvalue weighted by Gasteiger charge is 2.43. The molecule has 1 aromatic carbocycles. The first-order valence-electron chi connectivity index (χ1n) is 13.4. The Kier molecular flexibility index (Phi) is 13.5. The number of amides is 1. The smallest absolute Gasteiger partial charge is 0.269 e. The van der Waals surface area contributed by atoms with Crippen LogP contribution in [0.25, 0.3) is 0 Å². The van der Waals surface area contributed by atoms with E-state index in [-0.39, 0.29) is 18.4 Å². The molecule has 1 amide bonds. The predicted molar refractivity (Wildman–Crippen MR) is 146 cm³/mol. The lowest BCUT2D eigenvalue weighted by atomic mass is 9.82. The van der Waals surface area contributed by atoms with E-state index in [1.807, 2.05) is 18.2 Å². The molecule has 37 heavy (non-hydrogen) atoms. The summed E-state index contributed by atoms with van der Waals surface area (Å²) in [6.07, 6.45) is 5.41. The maximum Gasteiger partial charge on any atom is 0.269 e. The summed E-state index contributed by atoms with van der Waals surface area (Å²) >= 11 is 6.36. The van der Waals surface area contributed by atoms with Gasteiger partial charge in [-0.1, -0.05) is 39.2 Å². The average Bonchev–Trinajstić information content (AvgIpc) is 2.90.